The minimum absolute atomic E-state index is 0.0856. The van der Waals surface area contributed by atoms with Crippen LogP contribution in [0.1, 0.15) is 11.1 Å². The number of carbonyl (C=O) groups excluding carboxylic acids is 1. The fourth-order valence-corrected chi connectivity index (χ4v) is 5.04. The van der Waals surface area contributed by atoms with E-state index < -0.39 is 10.0 Å². The number of hydrogen-bond donors (Lipinski definition) is 0. The zero-order chi connectivity index (χ0) is 24.3. The summed E-state index contributed by atoms with van der Waals surface area (Å²) in [6.07, 6.45) is 0. The Morgan fingerprint density at radius 2 is 1.76 bits per heavy atom. The maximum atomic E-state index is 13.3. The predicted octanol–water partition coefficient (Wildman–Crippen LogP) is 4.71. The minimum atomic E-state index is -3.58. The molecule has 1 aromatic heterocycles. The molecule has 0 bridgehead atoms. The standard InChI is InChI=1S/C25H25N3O4S2/c1-18-8-7-11-20(14-18)28(16-19-9-5-4-6-10-19)24(29)17-33-25-26-22-15-21(12-13-23(22)32-25)34(30,31)27(2)3/h4-15H,16-17H2,1-3H3. The molecule has 1 heterocycles. The number of thioether (sulfide) groups is 1. The summed E-state index contributed by atoms with van der Waals surface area (Å²) in [5.41, 5.74) is 3.81. The third kappa shape index (κ3) is 5.32. The van der Waals surface area contributed by atoms with Gasteiger partial charge in [0.1, 0.15) is 5.52 Å². The molecule has 0 aliphatic carbocycles. The van der Waals surface area contributed by atoms with Crippen molar-refractivity contribution in [3.63, 3.8) is 0 Å². The minimum Gasteiger partial charge on any atom is -0.431 e. The highest BCUT2D eigenvalue weighted by Gasteiger charge is 2.21. The highest BCUT2D eigenvalue weighted by molar-refractivity contribution is 7.99. The van der Waals surface area contributed by atoms with Gasteiger partial charge >= 0.3 is 0 Å². The smallest absolute Gasteiger partial charge is 0.257 e. The van der Waals surface area contributed by atoms with Crippen LogP contribution in [0.4, 0.5) is 5.69 Å². The van der Waals surface area contributed by atoms with Gasteiger partial charge in [-0.25, -0.2) is 17.7 Å². The van der Waals surface area contributed by atoms with Crippen molar-refractivity contribution in [2.24, 2.45) is 0 Å². The molecule has 4 aromatic rings. The van der Waals surface area contributed by atoms with Crippen molar-refractivity contribution in [1.29, 1.82) is 0 Å². The molecule has 9 heteroatoms. The summed E-state index contributed by atoms with van der Waals surface area (Å²) in [5.74, 6) is 0.0359. The van der Waals surface area contributed by atoms with Crippen molar-refractivity contribution in [3.05, 3.63) is 83.9 Å². The number of nitrogens with zero attached hydrogens (tertiary/aromatic N) is 3. The van der Waals surface area contributed by atoms with Gasteiger partial charge in [-0.05, 0) is 48.4 Å². The van der Waals surface area contributed by atoms with Crippen LogP contribution >= 0.6 is 11.8 Å². The fraction of sp³-hybridized carbons (Fsp3) is 0.200. The molecular weight excluding hydrogens is 470 g/mol. The Morgan fingerprint density at radius 3 is 2.47 bits per heavy atom. The Morgan fingerprint density at radius 1 is 1.00 bits per heavy atom. The first kappa shape index (κ1) is 24.0. The van der Waals surface area contributed by atoms with Crippen LogP contribution in [0.5, 0.6) is 0 Å². The molecule has 176 valence electrons. The molecule has 0 spiro atoms. The zero-order valence-electron chi connectivity index (χ0n) is 19.1. The number of amides is 1. The Kier molecular flexibility index (Phi) is 7.06. The number of oxazole rings is 1. The van der Waals surface area contributed by atoms with Gasteiger partial charge in [0.2, 0.25) is 15.9 Å². The van der Waals surface area contributed by atoms with Crippen LogP contribution < -0.4 is 4.90 Å². The Bertz CT molecular complexity index is 1420. The number of anilines is 1. The molecule has 0 fully saturated rings. The van der Waals surface area contributed by atoms with Crippen molar-refractivity contribution in [2.75, 3.05) is 24.7 Å². The second kappa shape index (κ2) is 10.0. The van der Waals surface area contributed by atoms with Crippen molar-refractivity contribution >= 4 is 44.5 Å². The molecule has 3 aromatic carbocycles. The molecule has 0 aliphatic rings. The highest BCUT2D eigenvalue weighted by atomic mass is 32.2. The molecule has 0 radical (unpaired) electrons. The third-order valence-corrected chi connectivity index (χ3v) is 7.86. The molecule has 7 nitrogen and oxygen atoms in total. The van der Waals surface area contributed by atoms with E-state index in [1.165, 1.54) is 38.0 Å². The Balaban J connectivity index is 1.54. The van der Waals surface area contributed by atoms with Crippen LogP contribution in [0.2, 0.25) is 0 Å². The molecule has 0 unspecified atom stereocenters. The monoisotopic (exact) mass is 495 g/mol. The summed E-state index contributed by atoms with van der Waals surface area (Å²) in [6.45, 7) is 2.44. The van der Waals surface area contributed by atoms with Gasteiger partial charge in [-0.2, -0.15) is 0 Å². The second-order valence-electron chi connectivity index (χ2n) is 7.99. The quantitative estimate of drug-likeness (QED) is 0.329. The zero-order valence-corrected chi connectivity index (χ0v) is 20.8. The maximum Gasteiger partial charge on any atom is 0.257 e. The van der Waals surface area contributed by atoms with E-state index in [1.807, 2.05) is 61.5 Å². The van der Waals surface area contributed by atoms with Crippen LogP contribution in [0.3, 0.4) is 0 Å². The maximum absolute atomic E-state index is 13.3. The molecule has 34 heavy (non-hydrogen) atoms. The molecule has 0 N–H and O–H groups in total. The SMILES string of the molecule is Cc1cccc(N(Cc2ccccc2)C(=O)CSc2nc3cc(S(=O)(=O)N(C)C)ccc3o2)c1. The van der Waals surface area contributed by atoms with Gasteiger partial charge < -0.3 is 9.32 Å². The molecule has 1 amide bonds. The van der Waals surface area contributed by atoms with Crippen LogP contribution in [-0.2, 0) is 21.4 Å². The number of benzene rings is 3. The lowest BCUT2D eigenvalue weighted by Crippen LogP contribution is -2.32. The van der Waals surface area contributed by atoms with E-state index in [2.05, 4.69) is 4.98 Å². The van der Waals surface area contributed by atoms with Crippen LogP contribution in [-0.4, -0.2) is 43.5 Å². The van der Waals surface area contributed by atoms with Gasteiger partial charge in [0.05, 0.1) is 17.2 Å². The lowest BCUT2D eigenvalue weighted by Gasteiger charge is -2.23. The lowest BCUT2D eigenvalue weighted by molar-refractivity contribution is -0.116. The average Bonchev–Trinajstić information content (AvgIpc) is 3.24. The van der Waals surface area contributed by atoms with E-state index in [9.17, 15) is 13.2 Å². The normalized spacial score (nSPS) is 11.8. The molecule has 0 aliphatic heterocycles. The van der Waals surface area contributed by atoms with Gasteiger partial charge in [-0.3, -0.25) is 4.79 Å². The molecule has 0 saturated carbocycles. The molecular formula is C25H25N3O4S2. The van der Waals surface area contributed by atoms with Gasteiger partial charge in [0.25, 0.3) is 5.22 Å². The van der Waals surface area contributed by atoms with E-state index in [0.717, 1.165) is 21.1 Å². The number of hydrogen-bond acceptors (Lipinski definition) is 6. The second-order valence-corrected chi connectivity index (χ2v) is 11.1. The van der Waals surface area contributed by atoms with Gasteiger partial charge in [-0.1, -0.05) is 54.2 Å². The summed E-state index contributed by atoms with van der Waals surface area (Å²) in [6, 6.07) is 22.2. The van der Waals surface area contributed by atoms with Crippen LogP contribution in [0, 0.1) is 6.92 Å². The van der Waals surface area contributed by atoms with Crippen LogP contribution in [0.25, 0.3) is 11.1 Å². The molecule has 4 rings (SSSR count). The van der Waals surface area contributed by atoms with Crippen molar-refractivity contribution in [1.82, 2.24) is 9.29 Å². The predicted molar refractivity (Wildman–Crippen MR) is 134 cm³/mol. The number of aryl methyl sites for hydroxylation is 1. The number of aromatic nitrogens is 1. The van der Waals surface area contributed by atoms with E-state index in [0.29, 0.717) is 22.9 Å². The summed E-state index contributed by atoms with van der Waals surface area (Å²) >= 11 is 1.18. The average molecular weight is 496 g/mol. The van der Waals surface area contributed by atoms with E-state index in [4.69, 9.17) is 4.42 Å². The Labute approximate surface area is 203 Å². The molecule has 0 atom stereocenters. The van der Waals surface area contributed by atoms with Gasteiger partial charge in [0, 0.05) is 19.8 Å². The summed E-state index contributed by atoms with van der Waals surface area (Å²) in [5, 5.41) is 0.312. The fourth-order valence-electron chi connectivity index (χ4n) is 3.41. The van der Waals surface area contributed by atoms with Crippen molar-refractivity contribution in [3.8, 4) is 0 Å². The van der Waals surface area contributed by atoms with Gasteiger partial charge in [-0.15, -0.1) is 0 Å². The lowest BCUT2D eigenvalue weighted by atomic mass is 10.1. The van der Waals surface area contributed by atoms with E-state index in [1.54, 1.807) is 11.0 Å². The van der Waals surface area contributed by atoms with Crippen LogP contribution in [0.15, 0.2) is 87.3 Å². The first-order valence-electron chi connectivity index (χ1n) is 10.6. The number of rotatable bonds is 8. The topological polar surface area (TPSA) is 83.7 Å². The summed E-state index contributed by atoms with van der Waals surface area (Å²) < 4.78 is 31.7. The number of carbonyl (C=O) groups is 1. The first-order chi connectivity index (χ1) is 16.2. The largest absolute Gasteiger partial charge is 0.431 e. The van der Waals surface area contributed by atoms with Gasteiger partial charge in [0.15, 0.2) is 5.58 Å². The van der Waals surface area contributed by atoms with E-state index >= 15 is 0 Å². The Hall–Kier alpha value is -3.14. The number of sulfonamides is 1. The number of fused-ring (bicyclic) bond motifs is 1. The first-order valence-corrected chi connectivity index (χ1v) is 13.0. The summed E-state index contributed by atoms with van der Waals surface area (Å²) in [4.78, 5) is 19.5. The molecule has 0 saturated heterocycles. The van der Waals surface area contributed by atoms with Crippen molar-refractivity contribution < 1.29 is 17.6 Å². The van der Waals surface area contributed by atoms with E-state index in [-0.39, 0.29) is 16.6 Å². The third-order valence-electron chi connectivity index (χ3n) is 5.24. The highest BCUT2D eigenvalue weighted by Crippen LogP contribution is 2.27. The summed E-state index contributed by atoms with van der Waals surface area (Å²) in [7, 11) is -0.622. The van der Waals surface area contributed by atoms with Crippen molar-refractivity contribution in [2.45, 2.75) is 23.6 Å².